The maximum absolute atomic E-state index is 12.1. The van der Waals surface area contributed by atoms with Gasteiger partial charge in [-0.25, -0.2) is 0 Å². The van der Waals surface area contributed by atoms with Gasteiger partial charge in [0.25, 0.3) is 5.22 Å². The Bertz CT molecular complexity index is 886. The predicted octanol–water partition coefficient (Wildman–Crippen LogP) is 3.43. The van der Waals surface area contributed by atoms with Crippen molar-refractivity contribution in [1.82, 2.24) is 10.2 Å². The molecule has 8 heteroatoms. The first-order chi connectivity index (χ1) is 12.6. The number of hydrogen-bond donors (Lipinski definition) is 1. The van der Waals surface area contributed by atoms with Crippen LogP contribution >= 0.6 is 11.8 Å². The first-order valence-corrected chi connectivity index (χ1v) is 8.59. The van der Waals surface area contributed by atoms with Crippen LogP contribution in [0.25, 0.3) is 11.5 Å². The lowest BCUT2D eigenvalue weighted by atomic mass is 10.1. The Morgan fingerprint density at radius 3 is 2.35 bits per heavy atom. The van der Waals surface area contributed by atoms with Crippen LogP contribution in [0.15, 0.2) is 52.1 Å². The highest BCUT2D eigenvalue weighted by Crippen LogP contribution is 2.30. The third-order valence-electron chi connectivity index (χ3n) is 3.52. The SMILES string of the molecule is COc1cc(OC)cc(-c2nnc(SCC(=O)c3ccc(O)cc3)o2)c1. The quantitative estimate of drug-likeness (QED) is 0.498. The Kier molecular flexibility index (Phi) is 5.43. The van der Waals surface area contributed by atoms with E-state index in [4.69, 9.17) is 13.9 Å². The van der Waals surface area contributed by atoms with Crippen molar-refractivity contribution in [3.8, 4) is 28.7 Å². The standard InChI is InChI=1S/C18H16N2O5S/c1-23-14-7-12(8-15(9-14)24-2)17-19-20-18(25-17)26-10-16(22)11-3-5-13(21)6-4-11/h3-9,21H,10H2,1-2H3. The molecule has 0 bridgehead atoms. The highest BCUT2D eigenvalue weighted by atomic mass is 32.2. The maximum atomic E-state index is 12.1. The number of rotatable bonds is 7. The summed E-state index contributed by atoms with van der Waals surface area (Å²) in [6.45, 7) is 0. The van der Waals surface area contributed by atoms with Gasteiger partial charge < -0.3 is 19.0 Å². The molecular weight excluding hydrogens is 356 g/mol. The summed E-state index contributed by atoms with van der Waals surface area (Å²) in [4.78, 5) is 12.1. The molecule has 0 unspecified atom stereocenters. The monoisotopic (exact) mass is 372 g/mol. The van der Waals surface area contributed by atoms with Gasteiger partial charge in [-0.2, -0.15) is 0 Å². The molecule has 0 spiro atoms. The number of Topliss-reactive ketones (excluding diaryl/α,β-unsaturated/α-hetero) is 1. The maximum Gasteiger partial charge on any atom is 0.277 e. The van der Waals surface area contributed by atoms with Crippen molar-refractivity contribution in [2.75, 3.05) is 20.0 Å². The van der Waals surface area contributed by atoms with E-state index >= 15 is 0 Å². The van der Waals surface area contributed by atoms with Crippen LogP contribution in [0.4, 0.5) is 0 Å². The van der Waals surface area contributed by atoms with Gasteiger partial charge in [0.2, 0.25) is 5.89 Å². The van der Waals surface area contributed by atoms with Gasteiger partial charge in [-0.15, -0.1) is 10.2 Å². The molecule has 0 atom stereocenters. The van der Waals surface area contributed by atoms with Gasteiger partial charge in [-0.3, -0.25) is 4.79 Å². The molecule has 0 aliphatic carbocycles. The molecule has 1 aromatic heterocycles. The second kappa shape index (κ2) is 7.92. The van der Waals surface area contributed by atoms with Crippen LogP contribution in [0.1, 0.15) is 10.4 Å². The van der Waals surface area contributed by atoms with Crippen molar-refractivity contribution in [3.63, 3.8) is 0 Å². The summed E-state index contributed by atoms with van der Waals surface area (Å²) in [5.41, 5.74) is 1.16. The number of phenols is 1. The van der Waals surface area contributed by atoms with E-state index in [9.17, 15) is 9.90 Å². The number of carbonyl (C=O) groups is 1. The van der Waals surface area contributed by atoms with Crippen LogP contribution in [0.5, 0.6) is 17.2 Å². The Hall–Kier alpha value is -3.00. The average Bonchev–Trinajstić information content (AvgIpc) is 3.15. The molecule has 0 fully saturated rings. The zero-order valence-corrected chi connectivity index (χ0v) is 14.9. The molecule has 0 saturated heterocycles. The van der Waals surface area contributed by atoms with E-state index in [1.807, 2.05) is 0 Å². The number of ketones is 1. The number of hydrogen-bond acceptors (Lipinski definition) is 8. The summed E-state index contributed by atoms with van der Waals surface area (Å²) < 4.78 is 16.1. The minimum atomic E-state index is -0.0993. The van der Waals surface area contributed by atoms with E-state index in [-0.39, 0.29) is 22.5 Å². The van der Waals surface area contributed by atoms with Crippen LogP contribution in [-0.4, -0.2) is 41.1 Å². The first kappa shape index (κ1) is 17.8. The highest BCUT2D eigenvalue weighted by molar-refractivity contribution is 7.99. The first-order valence-electron chi connectivity index (χ1n) is 7.61. The number of carbonyl (C=O) groups excluding carboxylic acids is 1. The van der Waals surface area contributed by atoms with E-state index in [1.54, 1.807) is 44.6 Å². The lowest BCUT2D eigenvalue weighted by Gasteiger charge is -2.05. The number of thioether (sulfide) groups is 1. The van der Waals surface area contributed by atoms with Gasteiger partial charge in [-0.05, 0) is 36.4 Å². The third-order valence-corrected chi connectivity index (χ3v) is 4.34. The summed E-state index contributed by atoms with van der Waals surface area (Å²) in [7, 11) is 3.12. The molecule has 0 saturated carbocycles. The summed E-state index contributed by atoms with van der Waals surface area (Å²) >= 11 is 1.15. The second-order valence-corrected chi connectivity index (χ2v) is 6.16. The highest BCUT2D eigenvalue weighted by Gasteiger charge is 2.14. The van der Waals surface area contributed by atoms with Crippen molar-refractivity contribution < 1.29 is 23.8 Å². The minimum Gasteiger partial charge on any atom is -0.508 e. The summed E-state index contributed by atoms with van der Waals surface area (Å²) in [6.07, 6.45) is 0. The molecule has 3 aromatic rings. The van der Waals surface area contributed by atoms with Crippen LogP contribution in [0, 0.1) is 0 Å². The molecule has 1 N–H and O–H groups in total. The lowest BCUT2D eigenvalue weighted by Crippen LogP contribution is -2.01. The number of ether oxygens (including phenoxy) is 2. The Morgan fingerprint density at radius 2 is 1.73 bits per heavy atom. The van der Waals surface area contributed by atoms with Gasteiger partial charge >= 0.3 is 0 Å². The molecule has 3 rings (SSSR count). The van der Waals surface area contributed by atoms with E-state index in [2.05, 4.69) is 10.2 Å². The van der Waals surface area contributed by atoms with Gasteiger partial charge in [0, 0.05) is 17.2 Å². The molecule has 2 aromatic carbocycles. The molecule has 0 amide bonds. The second-order valence-electron chi connectivity index (χ2n) is 5.23. The zero-order chi connectivity index (χ0) is 18.5. The predicted molar refractivity (Wildman–Crippen MR) is 96.0 cm³/mol. The smallest absolute Gasteiger partial charge is 0.277 e. The van der Waals surface area contributed by atoms with Crippen molar-refractivity contribution >= 4 is 17.5 Å². The van der Waals surface area contributed by atoms with E-state index in [0.717, 1.165) is 11.8 Å². The Balaban J connectivity index is 1.70. The molecular formula is C18H16N2O5S. The average molecular weight is 372 g/mol. The summed E-state index contributed by atoms with van der Waals surface area (Å²) in [5.74, 6) is 1.68. The lowest BCUT2D eigenvalue weighted by molar-refractivity contribution is 0.102. The topological polar surface area (TPSA) is 94.7 Å². The normalized spacial score (nSPS) is 10.5. The summed E-state index contributed by atoms with van der Waals surface area (Å²) in [6, 6.07) is 11.3. The fourth-order valence-electron chi connectivity index (χ4n) is 2.17. The summed E-state index contributed by atoms with van der Waals surface area (Å²) in [5, 5.41) is 17.5. The fourth-order valence-corrected chi connectivity index (χ4v) is 2.83. The molecule has 26 heavy (non-hydrogen) atoms. The van der Waals surface area contributed by atoms with Gasteiger partial charge in [0.05, 0.1) is 20.0 Å². The molecule has 0 aliphatic rings. The molecule has 0 radical (unpaired) electrons. The Labute approximate surface area is 154 Å². The third kappa shape index (κ3) is 4.15. The zero-order valence-electron chi connectivity index (χ0n) is 14.1. The minimum absolute atomic E-state index is 0.0993. The fraction of sp³-hybridized carbons (Fsp3) is 0.167. The van der Waals surface area contributed by atoms with Gasteiger partial charge in [0.1, 0.15) is 17.2 Å². The van der Waals surface area contributed by atoms with Crippen LogP contribution in [0.3, 0.4) is 0 Å². The van der Waals surface area contributed by atoms with E-state index in [0.29, 0.717) is 28.5 Å². The van der Waals surface area contributed by atoms with Crippen molar-refractivity contribution in [3.05, 3.63) is 48.0 Å². The molecule has 1 heterocycles. The number of phenolic OH excluding ortho intramolecular Hbond substituents is 1. The van der Waals surface area contributed by atoms with Gasteiger partial charge in [0.15, 0.2) is 5.78 Å². The van der Waals surface area contributed by atoms with Crippen LogP contribution in [0.2, 0.25) is 0 Å². The van der Waals surface area contributed by atoms with E-state index in [1.165, 1.54) is 12.1 Å². The number of nitrogens with zero attached hydrogens (tertiary/aromatic N) is 2. The number of aromatic nitrogens is 2. The number of methoxy groups -OCH3 is 2. The number of aromatic hydroxyl groups is 1. The van der Waals surface area contributed by atoms with E-state index < -0.39 is 0 Å². The number of benzene rings is 2. The molecule has 7 nitrogen and oxygen atoms in total. The molecule has 134 valence electrons. The van der Waals surface area contributed by atoms with Crippen LogP contribution in [-0.2, 0) is 0 Å². The van der Waals surface area contributed by atoms with Gasteiger partial charge in [-0.1, -0.05) is 11.8 Å². The molecule has 0 aliphatic heterocycles. The largest absolute Gasteiger partial charge is 0.508 e. The van der Waals surface area contributed by atoms with Crippen molar-refractivity contribution in [2.24, 2.45) is 0 Å². The van der Waals surface area contributed by atoms with Crippen molar-refractivity contribution in [2.45, 2.75) is 5.22 Å². The van der Waals surface area contributed by atoms with Crippen LogP contribution < -0.4 is 9.47 Å². The Morgan fingerprint density at radius 1 is 1.08 bits per heavy atom. The van der Waals surface area contributed by atoms with Crippen molar-refractivity contribution in [1.29, 1.82) is 0 Å².